The first-order valence-corrected chi connectivity index (χ1v) is 11.4. The van der Waals surface area contributed by atoms with Gasteiger partial charge in [0.05, 0.1) is 26.1 Å². The minimum Gasteiger partial charge on any atom is -0.386 e. The zero-order chi connectivity index (χ0) is 24.5. The lowest BCUT2D eigenvalue weighted by Crippen LogP contribution is -2.60. The van der Waals surface area contributed by atoms with Crippen LogP contribution in [0.2, 0.25) is 0 Å². The van der Waals surface area contributed by atoms with E-state index < -0.39 is 46.7 Å². The molecule has 3 aromatic rings. The lowest BCUT2D eigenvalue weighted by Gasteiger charge is -2.41. The van der Waals surface area contributed by atoms with Crippen molar-refractivity contribution in [2.24, 2.45) is 0 Å². The molecule has 1 aliphatic heterocycles. The molecule has 13 nitrogen and oxygen atoms in total. The molecule has 2 aromatic heterocycles. The number of aromatic nitrogens is 4. The number of aliphatic hydroxyl groups is 2. The quantitative estimate of drug-likeness (QED) is 0.274. The van der Waals surface area contributed by atoms with Crippen LogP contribution in [0, 0.1) is 5.82 Å². The van der Waals surface area contributed by atoms with Gasteiger partial charge in [0.1, 0.15) is 35.4 Å². The summed E-state index contributed by atoms with van der Waals surface area (Å²) in [5, 5.41) is 21.2. The van der Waals surface area contributed by atoms with Crippen LogP contribution in [-0.2, 0) is 29.5 Å². The Morgan fingerprint density at radius 3 is 2.68 bits per heavy atom. The van der Waals surface area contributed by atoms with Crippen molar-refractivity contribution in [3.05, 3.63) is 48.3 Å². The molecule has 0 bridgehead atoms. The van der Waals surface area contributed by atoms with Gasteiger partial charge in [0.15, 0.2) is 17.7 Å². The number of benzene rings is 1. The number of aliphatic hydroxyl groups excluding tert-OH is 2. The molecule has 1 aliphatic rings. The Hall–Kier alpha value is -2.79. The average molecular weight is 498 g/mol. The molecule has 34 heavy (non-hydrogen) atoms. The van der Waals surface area contributed by atoms with E-state index in [1.165, 1.54) is 38.0 Å². The topological polar surface area (TPSA) is 184 Å². The highest BCUT2D eigenvalue weighted by Gasteiger charge is 2.46. The third-order valence-electron chi connectivity index (χ3n) is 5.46. The van der Waals surface area contributed by atoms with Crippen LogP contribution in [0.3, 0.4) is 0 Å². The summed E-state index contributed by atoms with van der Waals surface area (Å²) in [6, 6.07) is 5.72. The summed E-state index contributed by atoms with van der Waals surface area (Å²) in [5.74, 6) is -0.517. The Kier molecular flexibility index (Phi) is 6.77. The highest BCUT2D eigenvalue weighted by atomic mass is 32.2. The van der Waals surface area contributed by atoms with Crippen LogP contribution in [0.1, 0.15) is 11.8 Å². The number of hydrogen-bond acceptors (Lipinski definition) is 11. The number of rotatable bonds is 10. The van der Waals surface area contributed by atoms with E-state index >= 15 is 0 Å². The molecule has 0 spiro atoms. The molecule has 0 aliphatic carbocycles. The van der Waals surface area contributed by atoms with Gasteiger partial charge in [-0.1, -0.05) is 18.2 Å². The number of nitrogens with zero attached hydrogens (tertiary/aromatic N) is 4. The minimum absolute atomic E-state index is 0.0815. The van der Waals surface area contributed by atoms with Crippen LogP contribution in [0.5, 0.6) is 0 Å². The molecular formula is C19H23FN6O7S. The maximum absolute atomic E-state index is 14.3. The summed E-state index contributed by atoms with van der Waals surface area (Å²) < 4.78 is 58.2. The van der Waals surface area contributed by atoms with Crippen molar-refractivity contribution in [2.45, 2.75) is 24.0 Å². The molecule has 184 valence electrons. The Balaban J connectivity index is 1.45. The Labute approximate surface area is 193 Å². The average Bonchev–Trinajstić information content (AvgIpc) is 3.22. The van der Waals surface area contributed by atoms with Crippen LogP contribution in [0.4, 0.5) is 10.2 Å². The van der Waals surface area contributed by atoms with E-state index in [2.05, 4.69) is 19.7 Å². The van der Waals surface area contributed by atoms with E-state index in [1.807, 2.05) is 0 Å². The van der Waals surface area contributed by atoms with Crippen molar-refractivity contribution in [2.75, 3.05) is 32.7 Å². The molecule has 1 aromatic carbocycles. The number of nitrogens with one attached hydrogen (secondary N) is 1. The number of nitrogen functional groups attached to an aromatic ring is 1. The van der Waals surface area contributed by atoms with Crippen molar-refractivity contribution in [1.29, 1.82) is 0 Å². The van der Waals surface area contributed by atoms with Gasteiger partial charge in [-0.15, -0.1) is 0 Å². The normalized spacial score (nSPS) is 18.4. The van der Waals surface area contributed by atoms with Gasteiger partial charge in [0.2, 0.25) is 0 Å². The predicted molar refractivity (Wildman–Crippen MR) is 115 cm³/mol. The molecule has 5 N–H and O–H groups in total. The monoisotopic (exact) mass is 498 g/mol. The van der Waals surface area contributed by atoms with Gasteiger partial charge in [-0.25, -0.2) is 19.3 Å². The fourth-order valence-corrected chi connectivity index (χ4v) is 4.66. The van der Waals surface area contributed by atoms with E-state index in [0.717, 1.165) is 4.57 Å². The largest absolute Gasteiger partial charge is 0.386 e. The fraction of sp³-hybridized carbons (Fsp3) is 0.421. The Morgan fingerprint density at radius 2 is 2.03 bits per heavy atom. The Bertz CT molecular complexity index is 1270. The first-order valence-electron chi connectivity index (χ1n) is 10.0. The van der Waals surface area contributed by atoms with Gasteiger partial charge in [-0.2, -0.15) is 13.1 Å². The molecule has 1 fully saturated rings. The predicted octanol–water partition coefficient (Wildman–Crippen LogP) is -0.809. The summed E-state index contributed by atoms with van der Waals surface area (Å²) in [6.07, 6.45) is -2.20. The molecule has 0 radical (unpaired) electrons. The number of anilines is 1. The number of halogens is 1. The molecule has 1 saturated heterocycles. The van der Waals surface area contributed by atoms with E-state index in [4.69, 9.17) is 19.4 Å². The van der Waals surface area contributed by atoms with Crippen molar-refractivity contribution < 1.29 is 36.7 Å². The molecule has 15 heteroatoms. The number of ether oxygens (including phenoxy) is 2. The summed E-state index contributed by atoms with van der Waals surface area (Å²) >= 11 is 0. The molecule has 0 amide bonds. The Morgan fingerprint density at radius 1 is 1.29 bits per heavy atom. The van der Waals surface area contributed by atoms with E-state index in [-0.39, 0.29) is 35.8 Å². The number of hydrogen-bond donors (Lipinski definition) is 4. The van der Waals surface area contributed by atoms with Crippen LogP contribution in [0.25, 0.3) is 11.2 Å². The highest BCUT2D eigenvalue weighted by molar-refractivity contribution is 7.84. The summed E-state index contributed by atoms with van der Waals surface area (Å²) in [5.41, 5.74) is 4.87. The summed E-state index contributed by atoms with van der Waals surface area (Å²) in [4.78, 5) is 11.8. The van der Waals surface area contributed by atoms with Gasteiger partial charge in [0, 0.05) is 12.7 Å². The number of nitrogens with two attached hydrogens (primary N) is 1. The number of fused-ring (bicyclic) bond motifs is 1. The molecule has 3 atom stereocenters. The van der Waals surface area contributed by atoms with Crippen LogP contribution in [0.15, 0.2) is 36.9 Å². The second-order valence-corrected chi connectivity index (χ2v) is 9.00. The molecular weight excluding hydrogens is 475 g/mol. The van der Waals surface area contributed by atoms with Crippen molar-refractivity contribution in [3.63, 3.8) is 0 Å². The minimum atomic E-state index is -4.45. The summed E-state index contributed by atoms with van der Waals surface area (Å²) in [7, 11) is -3.24. The van der Waals surface area contributed by atoms with Crippen LogP contribution in [-0.4, -0.2) is 77.3 Å². The fourth-order valence-electron chi connectivity index (χ4n) is 3.58. The van der Waals surface area contributed by atoms with Crippen LogP contribution >= 0.6 is 0 Å². The van der Waals surface area contributed by atoms with Gasteiger partial charge < -0.3 is 25.4 Å². The molecule has 3 heterocycles. The zero-order valence-electron chi connectivity index (χ0n) is 17.9. The first-order chi connectivity index (χ1) is 16.2. The maximum atomic E-state index is 14.3. The summed E-state index contributed by atoms with van der Waals surface area (Å²) in [6.45, 7) is -0.851. The second kappa shape index (κ2) is 9.46. The zero-order valence-corrected chi connectivity index (χ0v) is 18.7. The van der Waals surface area contributed by atoms with E-state index in [0.29, 0.717) is 0 Å². The first kappa shape index (κ1) is 24.3. The number of imidazole rings is 1. The smallest absolute Gasteiger partial charge is 0.336 e. The second-order valence-electron chi connectivity index (χ2n) is 7.66. The SMILES string of the molecule is CO[C@H](COS(=O)(=O)NC1(c2ccccc2F)COC1)[C@@H](O)[C@@H](O)n1cnc2c(N)ncnc21. The third-order valence-corrected chi connectivity index (χ3v) is 6.54. The van der Waals surface area contributed by atoms with Gasteiger partial charge in [-0.3, -0.25) is 8.75 Å². The molecule has 0 unspecified atom stereocenters. The maximum Gasteiger partial charge on any atom is 0.336 e. The van der Waals surface area contributed by atoms with Crippen molar-refractivity contribution in [1.82, 2.24) is 24.2 Å². The van der Waals surface area contributed by atoms with Gasteiger partial charge in [-0.05, 0) is 6.07 Å². The van der Waals surface area contributed by atoms with Crippen LogP contribution < -0.4 is 10.5 Å². The lowest BCUT2D eigenvalue weighted by molar-refractivity contribution is -0.113. The van der Waals surface area contributed by atoms with E-state index in [9.17, 15) is 23.0 Å². The standard InChI is InChI=1S/C19H23FN6O7S/c1-31-13(15(27)18(28)26-10-24-14-16(21)22-9-23-17(14)26)6-33-34(29,30)25-19(7-32-8-19)11-4-2-3-5-12(11)20/h2-5,9-10,13,15,18,25,27-28H,6-8H2,1H3,(H2,21,22,23)/t13-,15-,18-/m1/s1. The highest BCUT2D eigenvalue weighted by Crippen LogP contribution is 2.32. The van der Waals surface area contributed by atoms with Gasteiger partial charge >= 0.3 is 10.3 Å². The third kappa shape index (κ3) is 4.58. The van der Waals surface area contributed by atoms with E-state index in [1.54, 1.807) is 6.07 Å². The molecule has 4 rings (SSSR count). The molecule has 0 saturated carbocycles. The van der Waals surface area contributed by atoms with Crippen molar-refractivity contribution >= 4 is 27.3 Å². The van der Waals surface area contributed by atoms with Gasteiger partial charge in [0.25, 0.3) is 0 Å². The van der Waals surface area contributed by atoms with Crippen molar-refractivity contribution in [3.8, 4) is 0 Å². The lowest BCUT2D eigenvalue weighted by atomic mass is 9.89. The number of methoxy groups -OCH3 is 1.